The van der Waals surface area contributed by atoms with Gasteiger partial charge in [0.1, 0.15) is 0 Å². The van der Waals surface area contributed by atoms with Crippen molar-refractivity contribution in [2.24, 2.45) is 0 Å². The number of amides is 1. The second-order valence-electron chi connectivity index (χ2n) is 5.30. The van der Waals surface area contributed by atoms with Crippen molar-refractivity contribution in [2.45, 2.75) is 4.90 Å². The van der Waals surface area contributed by atoms with Crippen molar-refractivity contribution in [3.63, 3.8) is 0 Å². The van der Waals surface area contributed by atoms with Crippen LogP contribution in [0.25, 0.3) is 10.8 Å². The predicted octanol–water partition coefficient (Wildman–Crippen LogP) is 2.44. The standard InChI is InChI=1S/C18H15N3O4S/c1-26-12-6-4-5-11(9-12)19-15(22)10-25-18(24)16-13-7-2-3-8-14(13)17(23)21-20-16/h2-9H,10H2,1H3,(H,19,22)(H,21,23). The summed E-state index contributed by atoms with van der Waals surface area (Å²) in [4.78, 5) is 37.0. The number of carbonyl (C=O) groups excluding carboxylic acids is 2. The van der Waals surface area contributed by atoms with E-state index in [2.05, 4.69) is 15.5 Å². The fraction of sp³-hybridized carbons (Fsp3) is 0.111. The number of carbonyl (C=O) groups is 2. The summed E-state index contributed by atoms with van der Waals surface area (Å²) in [7, 11) is 0. The van der Waals surface area contributed by atoms with Crippen molar-refractivity contribution >= 4 is 40.1 Å². The first-order valence-electron chi connectivity index (χ1n) is 7.67. The lowest BCUT2D eigenvalue weighted by molar-refractivity contribution is -0.119. The maximum Gasteiger partial charge on any atom is 0.359 e. The number of aromatic nitrogens is 2. The van der Waals surface area contributed by atoms with Gasteiger partial charge in [-0.15, -0.1) is 11.8 Å². The molecule has 1 amide bonds. The lowest BCUT2D eigenvalue weighted by Crippen LogP contribution is -2.22. The van der Waals surface area contributed by atoms with Gasteiger partial charge in [-0.1, -0.05) is 24.3 Å². The third kappa shape index (κ3) is 3.92. The van der Waals surface area contributed by atoms with E-state index in [-0.39, 0.29) is 5.69 Å². The zero-order chi connectivity index (χ0) is 18.5. The molecule has 0 radical (unpaired) electrons. The number of hydrogen-bond acceptors (Lipinski definition) is 6. The number of anilines is 1. The first kappa shape index (κ1) is 17.7. The highest BCUT2D eigenvalue weighted by Crippen LogP contribution is 2.19. The number of fused-ring (bicyclic) bond motifs is 1. The number of H-pyrrole nitrogens is 1. The Balaban J connectivity index is 1.68. The molecule has 8 heteroatoms. The third-order valence-electron chi connectivity index (χ3n) is 3.58. The van der Waals surface area contributed by atoms with E-state index < -0.39 is 24.0 Å². The highest BCUT2D eigenvalue weighted by atomic mass is 32.2. The van der Waals surface area contributed by atoms with Gasteiger partial charge in [-0.3, -0.25) is 9.59 Å². The average Bonchev–Trinajstić information content (AvgIpc) is 2.67. The molecule has 3 aromatic rings. The van der Waals surface area contributed by atoms with E-state index in [9.17, 15) is 14.4 Å². The first-order valence-corrected chi connectivity index (χ1v) is 8.89. The van der Waals surface area contributed by atoms with Crippen LogP contribution in [0.1, 0.15) is 10.5 Å². The maximum absolute atomic E-state index is 12.2. The minimum atomic E-state index is -0.787. The Labute approximate surface area is 152 Å². The van der Waals surface area contributed by atoms with Crippen molar-refractivity contribution in [3.05, 3.63) is 64.6 Å². The number of hydrogen-bond donors (Lipinski definition) is 2. The van der Waals surface area contributed by atoms with E-state index in [0.717, 1.165) is 4.90 Å². The lowest BCUT2D eigenvalue weighted by Gasteiger charge is -2.08. The van der Waals surface area contributed by atoms with Gasteiger partial charge in [0, 0.05) is 16.0 Å². The molecule has 1 heterocycles. The molecule has 2 aromatic carbocycles. The second-order valence-corrected chi connectivity index (χ2v) is 6.18. The number of nitrogens with zero attached hydrogens (tertiary/aromatic N) is 1. The number of ether oxygens (including phenoxy) is 1. The minimum absolute atomic E-state index is 0.0441. The molecule has 7 nitrogen and oxygen atoms in total. The van der Waals surface area contributed by atoms with Crippen LogP contribution in [0.5, 0.6) is 0 Å². The van der Waals surface area contributed by atoms with Crippen molar-refractivity contribution < 1.29 is 14.3 Å². The summed E-state index contributed by atoms with van der Waals surface area (Å²) in [6.07, 6.45) is 1.93. The van der Waals surface area contributed by atoms with Crippen LogP contribution in [0.4, 0.5) is 5.69 Å². The Morgan fingerprint density at radius 3 is 2.69 bits per heavy atom. The van der Waals surface area contributed by atoms with E-state index >= 15 is 0 Å². The molecule has 0 atom stereocenters. The van der Waals surface area contributed by atoms with Crippen LogP contribution < -0.4 is 10.9 Å². The number of benzene rings is 2. The molecular formula is C18H15N3O4S. The Hall–Kier alpha value is -3.13. The molecule has 0 spiro atoms. The molecule has 3 rings (SSSR count). The van der Waals surface area contributed by atoms with Crippen LogP contribution in [0.3, 0.4) is 0 Å². The monoisotopic (exact) mass is 369 g/mol. The Bertz CT molecular complexity index is 1030. The number of esters is 1. The minimum Gasteiger partial charge on any atom is -0.451 e. The summed E-state index contributed by atoms with van der Waals surface area (Å²) in [6, 6.07) is 13.9. The number of thioether (sulfide) groups is 1. The topological polar surface area (TPSA) is 101 Å². The quantitative estimate of drug-likeness (QED) is 0.529. The van der Waals surface area contributed by atoms with Gasteiger partial charge in [-0.05, 0) is 30.5 Å². The van der Waals surface area contributed by atoms with Gasteiger partial charge in [-0.25, -0.2) is 9.89 Å². The summed E-state index contributed by atoms with van der Waals surface area (Å²) in [5, 5.41) is 9.36. The summed E-state index contributed by atoms with van der Waals surface area (Å²) >= 11 is 1.55. The fourth-order valence-electron chi connectivity index (χ4n) is 2.37. The normalized spacial score (nSPS) is 10.5. The van der Waals surface area contributed by atoms with Crippen LogP contribution in [0.15, 0.2) is 58.2 Å². The van der Waals surface area contributed by atoms with Crippen LogP contribution >= 0.6 is 11.8 Å². The molecule has 26 heavy (non-hydrogen) atoms. The fourth-order valence-corrected chi connectivity index (χ4v) is 2.83. The van der Waals surface area contributed by atoms with Gasteiger partial charge in [0.05, 0.1) is 5.39 Å². The summed E-state index contributed by atoms with van der Waals surface area (Å²) in [6.45, 7) is -0.461. The summed E-state index contributed by atoms with van der Waals surface area (Å²) < 4.78 is 5.03. The van der Waals surface area contributed by atoms with Gasteiger partial charge in [0.25, 0.3) is 11.5 Å². The number of rotatable bonds is 5. The molecule has 2 N–H and O–H groups in total. The van der Waals surface area contributed by atoms with E-state index in [0.29, 0.717) is 16.5 Å². The smallest absolute Gasteiger partial charge is 0.359 e. The van der Waals surface area contributed by atoms with Crippen molar-refractivity contribution in [1.29, 1.82) is 0 Å². The highest BCUT2D eigenvalue weighted by molar-refractivity contribution is 7.98. The van der Waals surface area contributed by atoms with Gasteiger partial charge in [-0.2, -0.15) is 5.10 Å². The zero-order valence-electron chi connectivity index (χ0n) is 13.8. The van der Waals surface area contributed by atoms with Crippen molar-refractivity contribution in [2.75, 3.05) is 18.2 Å². The molecule has 0 aliphatic carbocycles. The van der Waals surface area contributed by atoms with Gasteiger partial charge in [0.15, 0.2) is 12.3 Å². The van der Waals surface area contributed by atoms with E-state index in [1.807, 2.05) is 24.5 Å². The van der Waals surface area contributed by atoms with Crippen molar-refractivity contribution in [3.8, 4) is 0 Å². The molecular weight excluding hydrogens is 354 g/mol. The summed E-state index contributed by atoms with van der Waals surface area (Å²) in [5.41, 5.74) is 0.173. The Morgan fingerprint density at radius 2 is 1.92 bits per heavy atom. The molecule has 1 aromatic heterocycles. The average molecular weight is 369 g/mol. The van der Waals surface area contributed by atoms with Gasteiger partial charge >= 0.3 is 5.97 Å². The first-order chi connectivity index (χ1) is 12.6. The Morgan fingerprint density at radius 1 is 1.15 bits per heavy atom. The zero-order valence-corrected chi connectivity index (χ0v) is 14.6. The maximum atomic E-state index is 12.2. The van der Waals surface area contributed by atoms with Crippen LogP contribution in [0.2, 0.25) is 0 Å². The predicted molar refractivity (Wildman–Crippen MR) is 99.5 cm³/mol. The molecule has 0 aliphatic heterocycles. The largest absolute Gasteiger partial charge is 0.451 e. The molecule has 0 saturated carbocycles. The molecule has 0 bridgehead atoms. The van der Waals surface area contributed by atoms with Crippen LogP contribution in [-0.2, 0) is 9.53 Å². The Kier molecular flexibility index (Phi) is 5.33. The highest BCUT2D eigenvalue weighted by Gasteiger charge is 2.16. The second kappa shape index (κ2) is 7.83. The number of aromatic amines is 1. The third-order valence-corrected chi connectivity index (χ3v) is 4.30. The van der Waals surface area contributed by atoms with Crippen molar-refractivity contribution in [1.82, 2.24) is 10.2 Å². The molecule has 0 unspecified atom stereocenters. The van der Waals surface area contributed by atoms with Gasteiger partial charge in [0.2, 0.25) is 0 Å². The molecule has 132 valence electrons. The van der Waals surface area contributed by atoms with E-state index in [1.165, 1.54) is 0 Å². The lowest BCUT2D eigenvalue weighted by atomic mass is 10.1. The van der Waals surface area contributed by atoms with Crippen LogP contribution in [0, 0.1) is 0 Å². The van der Waals surface area contributed by atoms with Gasteiger partial charge < -0.3 is 10.1 Å². The molecule has 0 fully saturated rings. The number of nitrogens with one attached hydrogen (secondary N) is 2. The molecule has 0 saturated heterocycles. The van der Waals surface area contributed by atoms with E-state index in [4.69, 9.17) is 4.74 Å². The van der Waals surface area contributed by atoms with E-state index in [1.54, 1.807) is 42.1 Å². The SMILES string of the molecule is CSc1cccc(NC(=O)COC(=O)c2n[nH]c(=O)c3ccccc23)c1. The molecule has 0 aliphatic rings. The summed E-state index contributed by atoms with van der Waals surface area (Å²) in [5.74, 6) is -1.25. The van der Waals surface area contributed by atoms with Crippen LogP contribution in [-0.4, -0.2) is 34.9 Å².